The second kappa shape index (κ2) is 5.14. The third-order valence-electron chi connectivity index (χ3n) is 2.76. The molecule has 2 rings (SSSR count). The van der Waals surface area contributed by atoms with E-state index in [2.05, 4.69) is 10.3 Å². The molecule has 0 unspecified atom stereocenters. The van der Waals surface area contributed by atoms with Crippen LogP contribution in [0.1, 0.15) is 24.2 Å². The number of rotatable bonds is 4. The van der Waals surface area contributed by atoms with Gasteiger partial charge in [-0.05, 0) is 32.0 Å². The van der Waals surface area contributed by atoms with E-state index in [1.807, 2.05) is 19.9 Å². The van der Waals surface area contributed by atoms with Crippen LogP contribution in [-0.4, -0.2) is 29.8 Å². The molecule has 5 nitrogen and oxygen atoms in total. The minimum absolute atomic E-state index is 0.0730. The van der Waals surface area contributed by atoms with E-state index in [-0.39, 0.29) is 6.04 Å². The van der Waals surface area contributed by atoms with Gasteiger partial charge >= 0.3 is 0 Å². The van der Waals surface area contributed by atoms with Crippen LogP contribution >= 0.6 is 0 Å². The van der Waals surface area contributed by atoms with Gasteiger partial charge in [-0.25, -0.2) is 0 Å². The van der Waals surface area contributed by atoms with Gasteiger partial charge in [0, 0.05) is 23.1 Å². The van der Waals surface area contributed by atoms with Crippen molar-refractivity contribution in [1.82, 2.24) is 10.3 Å². The Hall–Kier alpha value is -2.30. The van der Waals surface area contributed by atoms with Crippen LogP contribution < -0.4 is 10.1 Å². The van der Waals surface area contributed by atoms with E-state index in [0.29, 0.717) is 16.7 Å². The van der Waals surface area contributed by atoms with E-state index < -0.39 is 11.7 Å². The van der Waals surface area contributed by atoms with Crippen molar-refractivity contribution in [3.63, 3.8) is 0 Å². The van der Waals surface area contributed by atoms with Crippen LogP contribution in [0, 0.1) is 0 Å². The zero-order valence-corrected chi connectivity index (χ0v) is 11.1. The first-order valence-electron chi connectivity index (χ1n) is 6.03. The standard InChI is InChI=1S/C14H16N2O3/c1-8(2)16-14(18)13(17)11-7-15-12-5-4-9(19-3)6-10(11)12/h4-8,15H,1-3H3,(H,16,18). The molecule has 1 aromatic carbocycles. The number of fused-ring (bicyclic) bond motifs is 1. The largest absolute Gasteiger partial charge is 0.497 e. The summed E-state index contributed by atoms with van der Waals surface area (Å²) in [6, 6.07) is 5.27. The van der Waals surface area contributed by atoms with Gasteiger partial charge in [-0.3, -0.25) is 9.59 Å². The van der Waals surface area contributed by atoms with E-state index in [1.54, 1.807) is 25.4 Å². The maximum absolute atomic E-state index is 12.1. The Kier molecular flexibility index (Phi) is 3.55. The number of aromatic amines is 1. The molecule has 0 aliphatic rings. The number of benzene rings is 1. The fourth-order valence-electron chi connectivity index (χ4n) is 1.86. The second-order valence-electron chi connectivity index (χ2n) is 4.57. The average Bonchev–Trinajstić information content (AvgIpc) is 2.79. The van der Waals surface area contributed by atoms with Gasteiger partial charge in [0.25, 0.3) is 11.7 Å². The van der Waals surface area contributed by atoms with E-state index >= 15 is 0 Å². The molecule has 19 heavy (non-hydrogen) atoms. The van der Waals surface area contributed by atoms with Crippen LogP contribution in [0.4, 0.5) is 0 Å². The normalized spacial score (nSPS) is 10.7. The Bertz CT molecular complexity index is 629. The summed E-state index contributed by atoms with van der Waals surface area (Å²) in [5, 5.41) is 3.27. The van der Waals surface area contributed by atoms with E-state index in [4.69, 9.17) is 4.74 Å². The minimum atomic E-state index is -0.598. The molecule has 0 spiro atoms. The molecule has 1 amide bonds. The van der Waals surface area contributed by atoms with Crippen molar-refractivity contribution in [2.75, 3.05) is 7.11 Å². The first kappa shape index (κ1) is 13.1. The van der Waals surface area contributed by atoms with E-state index in [1.165, 1.54) is 0 Å². The Labute approximate surface area is 110 Å². The topological polar surface area (TPSA) is 71.2 Å². The average molecular weight is 260 g/mol. The number of amides is 1. The molecule has 0 saturated heterocycles. The van der Waals surface area contributed by atoms with Gasteiger partial charge in [0.15, 0.2) is 0 Å². The number of aromatic nitrogens is 1. The van der Waals surface area contributed by atoms with E-state index in [0.717, 1.165) is 5.52 Å². The van der Waals surface area contributed by atoms with Crippen LogP contribution in [0.2, 0.25) is 0 Å². The molecule has 0 bridgehead atoms. The fraction of sp³-hybridized carbons (Fsp3) is 0.286. The number of ketones is 1. The monoisotopic (exact) mass is 260 g/mol. The van der Waals surface area contributed by atoms with Crippen molar-refractivity contribution < 1.29 is 14.3 Å². The molecule has 0 aliphatic carbocycles. The number of H-pyrrole nitrogens is 1. The van der Waals surface area contributed by atoms with Gasteiger partial charge in [0.2, 0.25) is 0 Å². The molecule has 0 atom stereocenters. The molecule has 2 aromatic rings. The lowest BCUT2D eigenvalue weighted by Gasteiger charge is -2.06. The van der Waals surface area contributed by atoms with Crippen LogP contribution in [0.15, 0.2) is 24.4 Å². The second-order valence-corrected chi connectivity index (χ2v) is 4.57. The van der Waals surface area contributed by atoms with Gasteiger partial charge in [-0.15, -0.1) is 0 Å². The maximum atomic E-state index is 12.1. The quantitative estimate of drug-likeness (QED) is 0.651. The van der Waals surface area contributed by atoms with Gasteiger partial charge in [0.1, 0.15) is 5.75 Å². The third kappa shape index (κ3) is 2.59. The van der Waals surface area contributed by atoms with Crippen molar-refractivity contribution >= 4 is 22.6 Å². The number of ether oxygens (including phenoxy) is 1. The van der Waals surface area contributed by atoms with Crippen molar-refractivity contribution in [2.45, 2.75) is 19.9 Å². The molecular formula is C14H16N2O3. The number of methoxy groups -OCH3 is 1. The van der Waals surface area contributed by atoms with Crippen LogP contribution in [0.5, 0.6) is 5.75 Å². The molecule has 0 radical (unpaired) electrons. The number of hydrogen-bond acceptors (Lipinski definition) is 3. The highest BCUT2D eigenvalue weighted by atomic mass is 16.5. The van der Waals surface area contributed by atoms with Gasteiger partial charge < -0.3 is 15.0 Å². The minimum Gasteiger partial charge on any atom is -0.497 e. The summed E-state index contributed by atoms with van der Waals surface area (Å²) in [6.07, 6.45) is 1.55. The number of hydrogen-bond donors (Lipinski definition) is 2. The number of nitrogens with one attached hydrogen (secondary N) is 2. The predicted molar refractivity (Wildman–Crippen MR) is 72.5 cm³/mol. The Morgan fingerprint density at radius 2 is 2.05 bits per heavy atom. The first-order valence-corrected chi connectivity index (χ1v) is 6.03. The molecule has 5 heteroatoms. The summed E-state index contributed by atoms with van der Waals surface area (Å²) < 4.78 is 5.13. The maximum Gasteiger partial charge on any atom is 0.292 e. The fourth-order valence-corrected chi connectivity index (χ4v) is 1.86. The summed E-state index contributed by atoms with van der Waals surface area (Å²) in [7, 11) is 1.56. The van der Waals surface area contributed by atoms with Crippen molar-refractivity contribution in [1.29, 1.82) is 0 Å². The Balaban J connectivity index is 2.39. The van der Waals surface area contributed by atoms with Gasteiger partial charge in [-0.1, -0.05) is 0 Å². The Morgan fingerprint density at radius 3 is 2.68 bits per heavy atom. The molecule has 0 saturated carbocycles. The summed E-state index contributed by atoms with van der Waals surface area (Å²) in [4.78, 5) is 26.8. The molecule has 100 valence electrons. The lowest BCUT2D eigenvalue weighted by Crippen LogP contribution is -2.35. The molecule has 0 aliphatic heterocycles. The third-order valence-corrected chi connectivity index (χ3v) is 2.76. The summed E-state index contributed by atoms with van der Waals surface area (Å²) in [5.74, 6) is -0.502. The summed E-state index contributed by atoms with van der Waals surface area (Å²) in [5.41, 5.74) is 1.15. The number of Topliss-reactive ketones (excluding diaryl/α,β-unsaturated/α-hetero) is 1. The lowest BCUT2D eigenvalue weighted by atomic mass is 10.1. The van der Waals surface area contributed by atoms with Crippen molar-refractivity contribution in [3.8, 4) is 5.75 Å². The predicted octanol–water partition coefficient (Wildman–Crippen LogP) is 1.88. The van der Waals surface area contributed by atoms with Gasteiger partial charge in [-0.2, -0.15) is 0 Å². The molecule has 2 N–H and O–H groups in total. The van der Waals surface area contributed by atoms with Crippen molar-refractivity contribution in [2.24, 2.45) is 0 Å². The lowest BCUT2D eigenvalue weighted by molar-refractivity contribution is -0.117. The zero-order valence-electron chi connectivity index (χ0n) is 11.1. The summed E-state index contributed by atoms with van der Waals surface area (Å²) >= 11 is 0. The first-order chi connectivity index (χ1) is 9.02. The number of carbonyl (C=O) groups excluding carboxylic acids is 2. The molecule has 1 aromatic heterocycles. The highest BCUT2D eigenvalue weighted by Gasteiger charge is 2.20. The summed E-state index contributed by atoms with van der Waals surface area (Å²) in [6.45, 7) is 3.62. The highest BCUT2D eigenvalue weighted by molar-refractivity contribution is 6.45. The SMILES string of the molecule is COc1ccc2[nH]cc(C(=O)C(=O)NC(C)C)c2c1. The smallest absolute Gasteiger partial charge is 0.292 e. The van der Waals surface area contributed by atoms with Crippen LogP contribution in [-0.2, 0) is 4.79 Å². The molecule has 0 fully saturated rings. The highest BCUT2D eigenvalue weighted by Crippen LogP contribution is 2.23. The van der Waals surface area contributed by atoms with Crippen LogP contribution in [0.3, 0.4) is 0 Å². The van der Waals surface area contributed by atoms with Crippen LogP contribution in [0.25, 0.3) is 10.9 Å². The van der Waals surface area contributed by atoms with Crippen molar-refractivity contribution in [3.05, 3.63) is 30.0 Å². The molecule has 1 heterocycles. The Morgan fingerprint density at radius 1 is 1.32 bits per heavy atom. The van der Waals surface area contributed by atoms with Gasteiger partial charge in [0.05, 0.1) is 12.7 Å². The zero-order chi connectivity index (χ0) is 14.0. The number of carbonyl (C=O) groups is 2. The molecular weight excluding hydrogens is 244 g/mol. The van der Waals surface area contributed by atoms with E-state index in [9.17, 15) is 9.59 Å².